The summed E-state index contributed by atoms with van der Waals surface area (Å²) < 4.78 is 18.3. The van der Waals surface area contributed by atoms with Gasteiger partial charge in [-0.25, -0.2) is 4.39 Å². The number of methoxy groups -OCH3 is 1. The summed E-state index contributed by atoms with van der Waals surface area (Å²) in [6.07, 6.45) is 3.33. The van der Waals surface area contributed by atoms with E-state index in [1.807, 2.05) is 12.1 Å². The Morgan fingerprint density at radius 2 is 1.87 bits per heavy atom. The van der Waals surface area contributed by atoms with Gasteiger partial charge in [-0.2, -0.15) is 0 Å². The molecule has 0 aliphatic carbocycles. The lowest BCUT2D eigenvalue weighted by Gasteiger charge is -2.07. The highest BCUT2D eigenvalue weighted by Crippen LogP contribution is 2.29. The standard InChI is InChI=1S/C12H10FNO/c1-15-12-3-2-10(13)8-11(12)9-4-6-14-7-5-9/h2-8H,1H3. The van der Waals surface area contributed by atoms with Gasteiger partial charge in [-0.1, -0.05) is 0 Å². The zero-order chi connectivity index (χ0) is 10.7. The van der Waals surface area contributed by atoms with Gasteiger partial charge in [-0.15, -0.1) is 0 Å². The predicted molar refractivity (Wildman–Crippen MR) is 56.2 cm³/mol. The minimum Gasteiger partial charge on any atom is -0.496 e. The first-order valence-corrected chi connectivity index (χ1v) is 4.55. The van der Waals surface area contributed by atoms with Crippen LogP contribution in [0.2, 0.25) is 0 Å². The van der Waals surface area contributed by atoms with Crippen LogP contribution in [0.5, 0.6) is 5.75 Å². The number of halogens is 1. The van der Waals surface area contributed by atoms with Gasteiger partial charge in [-0.3, -0.25) is 4.98 Å². The summed E-state index contributed by atoms with van der Waals surface area (Å²) in [6, 6.07) is 8.08. The van der Waals surface area contributed by atoms with Crippen molar-refractivity contribution in [2.24, 2.45) is 0 Å². The molecule has 0 saturated heterocycles. The van der Waals surface area contributed by atoms with Crippen molar-refractivity contribution in [2.45, 2.75) is 0 Å². The van der Waals surface area contributed by atoms with Gasteiger partial charge in [0.1, 0.15) is 11.6 Å². The highest BCUT2D eigenvalue weighted by atomic mass is 19.1. The van der Waals surface area contributed by atoms with Crippen LogP contribution >= 0.6 is 0 Å². The molecule has 2 nitrogen and oxygen atoms in total. The summed E-state index contributed by atoms with van der Waals surface area (Å²) in [7, 11) is 1.57. The summed E-state index contributed by atoms with van der Waals surface area (Å²) >= 11 is 0. The second-order valence-electron chi connectivity index (χ2n) is 3.08. The molecule has 0 amide bonds. The molecule has 0 unspecified atom stereocenters. The van der Waals surface area contributed by atoms with E-state index in [1.165, 1.54) is 12.1 Å². The molecule has 1 heterocycles. The van der Waals surface area contributed by atoms with Gasteiger partial charge in [0.05, 0.1) is 7.11 Å². The number of benzene rings is 1. The van der Waals surface area contributed by atoms with E-state index in [-0.39, 0.29) is 5.82 Å². The molecule has 0 radical (unpaired) electrons. The fourth-order valence-corrected chi connectivity index (χ4v) is 1.44. The predicted octanol–water partition coefficient (Wildman–Crippen LogP) is 2.90. The van der Waals surface area contributed by atoms with Crippen LogP contribution in [0.4, 0.5) is 4.39 Å². The van der Waals surface area contributed by atoms with Crippen molar-refractivity contribution in [1.82, 2.24) is 4.98 Å². The first kappa shape index (κ1) is 9.65. The lowest BCUT2D eigenvalue weighted by molar-refractivity contribution is 0.415. The molecule has 3 heteroatoms. The van der Waals surface area contributed by atoms with E-state index in [9.17, 15) is 4.39 Å². The van der Waals surface area contributed by atoms with Crippen LogP contribution in [-0.2, 0) is 0 Å². The summed E-state index contributed by atoms with van der Waals surface area (Å²) in [6.45, 7) is 0. The van der Waals surface area contributed by atoms with Crippen LogP contribution < -0.4 is 4.74 Å². The smallest absolute Gasteiger partial charge is 0.126 e. The van der Waals surface area contributed by atoms with Crippen molar-refractivity contribution in [1.29, 1.82) is 0 Å². The summed E-state index contributed by atoms with van der Waals surface area (Å²) in [4.78, 5) is 3.91. The summed E-state index contributed by atoms with van der Waals surface area (Å²) in [5.74, 6) is 0.380. The first-order chi connectivity index (χ1) is 7.31. The Labute approximate surface area is 87.4 Å². The Bertz CT molecular complexity index is 456. The minimum absolute atomic E-state index is 0.275. The van der Waals surface area contributed by atoms with Crippen LogP contribution in [0.15, 0.2) is 42.7 Å². The lowest BCUT2D eigenvalue weighted by Crippen LogP contribution is -1.89. The van der Waals surface area contributed by atoms with E-state index in [1.54, 1.807) is 25.6 Å². The van der Waals surface area contributed by atoms with E-state index in [2.05, 4.69) is 4.98 Å². The normalized spacial score (nSPS) is 10.0. The molecule has 0 fully saturated rings. The van der Waals surface area contributed by atoms with Crippen molar-refractivity contribution in [3.63, 3.8) is 0 Å². The van der Waals surface area contributed by atoms with E-state index in [0.29, 0.717) is 5.75 Å². The number of aromatic nitrogens is 1. The second-order valence-corrected chi connectivity index (χ2v) is 3.08. The number of rotatable bonds is 2. The zero-order valence-corrected chi connectivity index (χ0v) is 8.27. The van der Waals surface area contributed by atoms with Gasteiger partial charge >= 0.3 is 0 Å². The maximum Gasteiger partial charge on any atom is 0.126 e. The first-order valence-electron chi connectivity index (χ1n) is 4.55. The third-order valence-corrected chi connectivity index (χ3v) is 2.15. The Hall–Kier alpha value is -1.90. The van der Waals surface area contributed by atoms with Gasteiger partial charge in [0.15, 0.2) is 0 Å². The summed E-state index contributed by atoms with van der Waals surface area (Å²) in [5, 5.41) is 0. The van der Waals surface area contributed by atoms with Crippen molar-refractivity contribution in [3.8, 4) is 16.9 Å². The maximum absolute atomic E-state index is 13.1. The summed E-state index contributed by atoms with van der Waals surface area (Å²) in [5.41, 5.74) is 1.63. The molecule has 0 N–H and O–H groups in total. The molecular weight excluding hydrogens is 193 g/mol. The third kappa shape index (κ3) is 1.96. The molecule has 1 aromatic heterocycles. The Morgan fingerprint density at radius 3 is 2.53 bits per heavy atom. The van der Waals surface area contributed by atoms with Gasteiger partial charge in [-0.05, 0) is 35.9 Å². The number of nitrogens with zero attached hydrogens (tertiary/aromatic N) is 1. The molecule has 0 aliphatic rings. The van der Waals surface area contributed by atoms with E-state index < -0.39 is 0 Å². The van der Waals surface area contributed by atoms with Crippen molar-refractivity contribution < 1.29 is 9.13 Å². The molecule has 0 aliphatic heterocycles. The third-order valence-electron chi connectivity index (χ3n) is 2.15. The van der Waals surface area contributed by atoms with Crippen LogP contribution in [0.25, 0.3) is 11.1 Å². The largest absolute Gasteiger partial charge is 0.496 e. The van der Waals surface area contributed by atoms with Gasteiger partial charge in [0, 0.05) is 18.0 Å². The molecular formula is C12H10FNO. The topological polar surface area (TPSA) is 22.1 Å². The SMILES string of the molecule is COc1ccc(F)cc1-c1ccncc1. The zero-order valence-electron chi connectivity index (χ0n) is 8.27. The van der Waals surface area contributed by atoms with Gasteiger partial charge in [0.2, 0.25) is 0 Å². The van der Waals surface area contributed by atoms with Gasteiger partial charge < -0.3 is 4.74 Å². The maximum atomic E-state index is 13.1. The van der Waals surface area contributed by atoms with Crippen LogP contribution in [0, 0.1) is 5.82 Å². The molecule has 0 saturated carbocycles. The molecule has 2 rings (SSSR count). The molecule has 1 aromatic carbocycles. The Kier molecular flexibility index (Phi) is 2.63. The minimum atomic E-state index is -0.275. The van der Waals surface area contributed by atoms with Crippen LogP contribution in [-0.4, -0.2) is 12.1 Å². The fraction of sp³-hybridized carbons (Fsp3) is 0.0833. The Balaban J connectivity index is 2.56. The molecule has 76 valence electrons. The van der Waals surface area contributed by atoms with Crippen molar-refractivity contribution in [2.75, 3.05) is 7.11 Å². The molecule has 0 spiro atoms. The van der Waals surface area contributed by atoms with E-state index in [0.717, 1.165) is 11.1 Å². The van der Waals surface area contributed by atoms with Crippen LogP contribution in [0.3, 0.4) is 0 Å². The average molecular weight is 203 g/mol. The quantitative estimate of drug-likeness (QED) is 0.748. The number of pyridine rings is 1. The second kappa shape index (κ2) is 4.09. The number of hydrogen-bond donors (Lipinski definition) is 0. The van der Waals surface area contributed by atoms with Crippen molar-refractivity contribution in [3.05, 3.63) is 48.5 Å². The average Bonchev–Trinajstić information content (AvgIpc) is 2.30. The molecule has 0 bridgehead atoms. The highest BCUT2D eigenvalue weighted by molar-refractivity contribution is 5.69. The van der Waals surface area contributed by atoms with E-state index in [4.69, 9.17) is 4.74 Å². The van der Waals surface area contributed by atoms with E-state index >= 15 is 0 Å². The lowest BCUT2D eigenvalue weighted by atomic mass is 10.1. The Morgan fingerprint density at radius 1 is 1.13 bits per heavy atom. The van der Waals surface area contributed by atoms with Crippen LogP contribution in [0.1, 0.15) is 0 Å². The molecule has 15 heavy (non-hydrogen) atoms. The number of hydrogen-bond acceptors (Lipinski definition) is 2. The fourth-order valence-electron chi connectivity index (χ4n) is 1.44. The molecule has 2 aromatic rings. The monoisotopic (exact) mass is 203 g/mol. The van der Waals surface area contributed by atoms with Gasteiger partial charge in [0.25, 0.3) is 0 Å². The highest BCUT2D eigenvalue weighted by Gasteiger charge is 2.06. The molecule has 0 atom stereocenters. The van der Waals surface area contributed by atoms with Crippen molar-refractivity contribution >= 4 is 0 Å². The number of ether oxygens (including phenoxy) is 1.